The van der Waals surface area contributed by atoms with Crippen molar-refractivity contribution >= 4 is 34.9 Å². The molecule has 2 heterocycles. The zero-order chi connectivity index (χ0) is 21.2. The Hall–Kier alpha value is -1.24. The topological polar surface area (TPSA) is 129 Å². The molecular formula is C17H25ClN4O6S. The van der Waals surface area contributed by atoms with Crippen LogP contribution < -0.4 is 5.32 Å². The minimum atomic E-state index is -0.812. The number of anilines is 1. The number of hydrogen-bond donors (Lipinski definition) is 2. The van der Waals surface area contributed by atoms with E-state index in [4.69, 9.17) is 30.9 Å². The summed E-state index contributed by atoms with van der Waals surface area (Å²) in [7, 11) is 0. The van der Waals surface area contributed by atoms with Crippen molar-refractivity contribution in [1.82, 2.24) is 9.97 Å². The summed E-state index contributed by atoms with van der Waals surface area (Å²) in [5.74, 6) is 0.00568. The minimum absolute atomic E-state index is 0.0495. The highest BCUT2D eigenvalue weighted by Crippen LogP contribution is 2.42. The molecule has 1 unspecified atom stereocenters. The van der Waals surface area contributed by atoms with Crippen LogP contribution in [0.1, 0.15) is 33.6 Å². The van der Waals surface area contributed by atoms with Gasteiger partial charge in [-0.05, 0) is 26.7 Å². The molecule has 0 amide bonds. The van der Waals surface area contributed by atoms with Crippen molar-refractivity contribution in [2.24, 2.45) is 0 Å². The van der Waals surface area contributed by atoms with E-state index in [1.54, 1.807) is 13.8 Å². The van der Waals surface area contributed by atoms with Crippen molar-refractivity contribution in [1.29, 1.82) is 0 Å². The summed E-state index contributed by atoms with van der Waals surface area (Å²) in [6.45, 7) is 5.68. The molecule has 0 radical (unpaired) electrons. The van der Waals surface area contributed by atoms with Crippen molar-refractivity contribution < 1.29 is 24.2 Å². The van der Waals surface area contributed by atoms with E-state index in [0.717, 1.165) is 12.2 Å². The molecule has 2 N–H and O–H groups in total. The third kappa shape index (κ3) is 5.09. The van der Waals surface area contributed by atoms with E-state index in [0.29, 0.717) is 11.6 Å². The summed E-state index contributed by atoms with van der Waals surface area (Å²) in [6.07, 6.45) is 0.300. The third-order valence-corrected chi connectivity index (χ3v) is 5.91. The van der Waals surface area contributed by atoms with Gasteiger partial charge in [0.05, 0.1) is 30.3 Å². The Morgan fingerprint density at radius 3 is 2.79 bits per heavy atom. The lowest BCUT2D eigenvalue weighted by Crippen LogP contribution is -2.35. The van der Waals surface area contributed by atoms with Gasteiger partial charge in [0, 0.05) is 5.75 Å². The van der Waals surface area contributed by atoms with Crippen LogP contribution in [0, 0.1) is 10.1 Å². The van der Waals surface area contributed by atoms with Crippen LogP contribution >= 0.6 is 23.4 Å². The van der Waals surface area contributed by atoms with E-state index in [-0.39, 0.29) is 48.1 Å². The molecular weight excluding hydrogens is 424 g/mol. The first-order valence-electron chi connectivity index (χ1n) is 9.45. The standard InChI is InChI=1S/C17H25ClN4O6S/c1-4-7-29-16-20-14(18)11(22(24)25)15(21-16)19-9-8-10(26-6-5-23)13-12(9)27-17(2,3)28-13/h9-10,12-13,23H,4-8H2,1-3H3,(H,19,20,21)/t9?,10-,12-,13+/m0/s1. The second-order valence-corrected chi connectivity index (χ2v) is 8.70. The SMILES string of the molecule is CCCSc1nc(Cl)c([N+](=O)[O-])c(NC2C[C@H](OCCO)[C@H]3OC(C)(C)O[C@@H]23)n1. The van der Waals surface area contributed by atoms with Crippen molar-refractivity contribution in [2.75, 3.05) is 24.3 Å². The van der Waals surface area contributed by atoms with Crippen LogP contribution in [-0.2, 0) is 14.2 Å². The van der Waals surface area contributed by atoms with Gasteiger partial charge >= 0.3 is 5.69 Å². The number of hydrogen-bond acceptors (Lipinski definition) is 10. The highest BCUT2D eigenvalue weighted by Gasteiger charge is 2.55. The van der Waals surface area contributed by atoms with Gasteiger partial charge in [0.2, 0.25) is 11.0 Å². The molecule has 0 spiro atoms. The normalized spacial score (nSPS) is 27.8. The number of aromatic nitrogens is 2. The number of nitrogens with one attached hydrogen (secondary N) is 1. The Balaban J connectivity index is 1.87. The lowest BCUT2D eigenvalue weighted by atomic mass is 10.2. The van der Waals surface area contributed by atoms with Gasteiger partial charge in [0.1, 0.15) is 12.2 Å². The number of thioether (sulfide) groups is 1. The van der Waals surface area contributed by atoms with Gasteiger partial charge in [-0.1, -0.05) is 30.3 Å². The predicted molar refractivity (Wildman–Crippen MR) is 107 cm³/mol. The highest BCUT2D eigenvalue weighted by molar-refractivity contribution is 7.99. The molecule has 10 nitrogen and oxygen atoms in total. The van der Waals surface area contributed by atoms with Gasteiger partial charge in [0.15, 0.2) is 10.9 Å². The maximum absolute atomic E-state index is 11.6. The lowest BCUT2D eigenvalue weighted by Gasteiger charge is -2.24. The van der Waals surface area contributed by atoms with Gasteiger partial charge in [-0.15, -0.1) is 0 Å². The molecule has 12 heteroatoms. The van der Waals surface area contributed by atoms with Crippen LogP contribution in [0.5, 0.6) is 0 Å². The molecule has 1 saturated heterocycles. The quantitative estimate of drug-likeness (QED) is 0.191. The average molecular weight is 449 g/mol. The number of ether oxygens (including phenoxy) is 3. The molecule has 1 aromatic rings. The number of rotatable bonds is 9. The number of aliphatic hydroxyl groups is 1. The van der Waals surface area contributed by atoms with Gasteiger partial charge in [-0.25, -0.2) is 4.98 Å². The fourth-order valence-corrected chi connectivity index (χ4v) is 4.53. The van der Waals surface area contributed by atoms with Crippen LogP contribution in [0.15, 0.2) is 5.16 Å². The maximum atomic E-state index is 11.6. The summed E-state index contributed by atoms with van der Waals surface area (Å²) < 4.78 is 17.7. The fraction of sp³-hybridized carbons (Fsp3) is 0.765. The Morgan fingerprint density at radius 2 is 2.14 bits per heavy atom. The lowest BCUT2D eigenvalue weighted by molar-refractivity contribution is -0.384. The molecule has 0 bridgehead atoms. The molecule has 4 atom stereocenters. The third-order valence-electron chi connectivity index (χ3n) is 4.60. The summed E-state index contributed by atoms with van der Waals surface area (Å²) in [6, 6.07) is -0.348. The van der Waals surface area contributed by atoms with Crippen LogP contribution in [0.4, 0.5) is 11.5 Å². The van der Waals surface area contributed by atoms with Gasteiger partial charge < -0.3 is 24.6 Å². The van der Waals surface area contributed by atoms with E-state index in [1.165, 1.54) is 11.8 Å². The first-order chi connectivity index (χ1) is 13.8. The molecule has 1 aliphatic heterocycles. The van der Waals surface area contributed by atoms with Crippen LogP contribution in [0.25, 0.3) is 0 Å². The molecule has 1 saturated carbocycles. The predicted octanol–water partition coefficient (Wildman–Crippen LogP) is 2.62. The van der Waals surface area contributed by atoms with E-state index in [2.05, 4.69) is 15.3 Å². The zero-order valence-corrected chi connectivity index (χ0v) is 18.0. The summed E-state index contributed by atoms with van der Waals surface area (Å²) in [5, 5.41) is 23.9. The number of fused-ring (bicyclic) bond motifs is 1. The van der Waals surface area contributed by atoms with Crippen LogP contribution in [0.3, 0.4) is 0 Å². The van der Waals surface area contributed by atoms with Gasteiger partial charge in [-0.3, -0.25) is 10.1 Å². The average Bonchev–Trinajstić information content (AvgIpc) is 3.11. The van der Waals surface area contributed by atoms with E-state index < -0.39 is 16.8 Å². The number of nitrogens with zero attached hydrogens (tertiary/aromatic N) is 3. The molecule has 162 valence electrons. The van der Waals surface area contributed by atoms with Gasteiger partial charge in [0.25, 0.3) is 0 Å². The zero-order valence-electron chi connectivity index (χ0n) is 16.5. The van der Waals surface area contributed by atoms with Crippen LogP contribution in [-0.4, -0.2) is 69.1 Å². The second kappa shape index (κ2) is 9.27. The number of aliphatic hydroxyl groups excluding tert-OH is 1. The first kappa shape index (κ1) is 22.4. The molecule has 1 aliphatic carbocycles. The molecule has 3 rings (SSSR count). The fourth-order valence-electron chi connectivity index (χ4n) is 3.55. The molecule has 2 fully saturated rings. The minimum Gasteiger partial charge on any atom is -0.394 e. The number of nitro groups is 1. The Morgan fingerprint density at radius 1 is 1.41 bits per heavy atom. The largest absolute Gasteiger partial charge is 0.394 e. The first-order valence-corrected chi connectivity index (χ1v) is 10.8. The number of halogens is 1. The van der Waals surface area contributed by atoms with E-state index >= 15 is 0 Å². The molecule has 2 aliphatic rings. The Labute approximate surface area is 177 Å². The highest BCUT2D eigenvalue weighted by atomic mass is 35.5. The van der Waals surface area contributed by atoms with Crippen LogP contribution in [0.2, 0.25) is 5.15 Å². The van der Waals surface area contributed by atoms with Gasteiger partial charge in [-0.2, -0.15) is 4.98 Å². The monoisotopic (exact) mass is 448 g/mol. The Kier molecular flexibility index (Phi) is 7.18. The van der Waals surface area contributed by atoms with Crippen molar-refractivity contribution in [3.8, 4) is 0 Å². The van der Waals surface area contributed by atoms with E-state index in [1.807, 2.05) is 6.92 Å². The summed E-state index contributed by atoms with van der Waals surface area (Å²) >= 11 is 7.47. The Bertz CT molecular complexity index is 755. The maximum Gasteiger partial charge on any atom is 0.348 e. The van der Waals surface area contributed by atoms with Crippen molar-refractivity contribution in [3.05, 3.63) is 15.3 Å². The van der Waals surface area contributed by atoms with E-state index in [9.17, 15) is 10.1 Å². The molecule has 29 heavy (non-hydrogen) atoms. The second-order valence-electron chi connectivity index (χ2n) is 7.28. The summed E-state index contributed by atoms with van der Waals surface area (Å²) in [4.78, 5) is 19.3. The summed E-state index contributed by atoms with van der Waals surface area (Å²) in [5.41, 5.74) is -0.373. The van der Waals surface area contributed by atoms with Crippen molar-refractivity contribution in [2.45, 2.75) is 68.9 Å². The smallest absolute Gasteiger partial charge is 0.348 e. The molecule has 1 aromatic heterocycles. The molecule has 0 aromatic carbocycles. The van der Waals surface area contributed by atoms with Crippen molar-refractivity contribution in [3.63, 3.8) is 0 Å².